The summed E-state index contributed by atoms with van der Waals surface area (Å²) in [6.45, 7) is 1.97. The maximum absolute atomic E-state index is 4.12. The molecule has 0 saturated carbocycles. The highest BCUT2D eigenvalue weighted by Gasteiger charge is 2.22. The monoisotopic (exact) mass is 129 g/mol. The summed E-state index contributed by atoms with van der Waals surface area (Å²) in [4.78, 5) is 3.35. The first kappa shape index (κ1) is 5.75. The van der Waals surface area contributed by atoms with E-state index in [0.29, 0.717) is 0 Å². The van der Waals surface area contributed by atoms with E-state index in [1.807, 2.05) is 6.92 Å². The molecule has 0 spiro atoms. The van der Waals surface area contributed by atoms with Crippen molar-refractivity contribution in [3.8, 4) is 0 Å². The van der Waals surface area contributed by atoms with Crippen LogP contribution in [0.5, 0.6) is 0 Å². The van der Waals surface area contributed by atoms with Crippen molar-refractivity contribution in [2.75, 3.05) is 0 Å². The zero-order chi connectivity index (χ0) is 6.04. The summed E-state index contributed by atoms with van der Waals surface area (Å²) in [7, 11) is 0. The average molecular weight is 129 g/mol. The highest BCUT2D eigenvalue weighted by molar-refractivity contribution is 7.81. The summed E-state index contributed by atoms with van der Waals surface area (Å²) in [5, 5.41) is 7.32. The fourth-order valence-corrected chi connectivity index (χ4v) is 0.528. The zero-order valence-electron chi connectivity index (χ0n) is 4.57. The van der Waals surface area contributed by atoms with Crippen molar-refractivity contribution in [3.05, 3.63) is 0 Å². The van der Waals surface area contributed by atoms with Crippen molar-refractivity contribution in [3.63, 3.8) is 0 Å². The van der Waals surface area contributed by atoms with Gasteiger partial charge in [0.15, 0.2) is 0 Å². The summed E-state index contributed by atoms with van der Waals surface area (Å²) < 4.78 is 0. The summed E-state index contributed by atoms with van der Waals surface area (Å²) in [5.74, 6) is 0. The molecule has 0 aromatic heterocycles. The van der Waals surface area contributed by atoms with E-state index >= 15 is 0 Å². The van der Waals surface area contributed by atoms with Gasteiger partial charge in [0.05, 0.1) is 0 Å². The predicted molar refractivity (Wildman–Crippen MR) is 35.4 cm³/mol. The van der Waals surface area contributed by atoms with Crippen LogP contribution in [0.25, 0.3) is 0 Å². The Morgan fingerprint density at radius 2 is 2.50 bits per heavy atom. The van der Waals surface area contributed by atoms with E-state index in [1.165, 1.54) is 6.34 Å². The number of aliphatic imine (C=N–C) groups is 1. The lowest BCUT2D eigenvalue weighted by Crippen LogP contribution is -2.08. The van der Waals surface area contributed by atoms with Gasteiger partial charge in [-0.2, -0.15) is 0 Å². The molecule has 4 heteroatoms. The molecule has 0 aromatic carbocycles. The molecular weight excluding hydrogens is 122 g/mol. The van der Waals surface area contributed by atoms with E-state index in [0.717, 1.165) is 6.42 Å². The van der Waals surface area contributed by atoms with Gasteiger partial charge < -0.3 is 0 Å². The van der Waals surface area contributed by atoms with Crippen LogP contribution in [0.1, 0.15) is 13.3 Å². The Bertz CT molecular complexity index is 128. The Morgan fingerprint density at radius 1 is 1.75 bits per heavy atom. The minimum Gasteiger partial charge on any atom is -0.230 e. The fourth-order valence-electron chi connectivity index (χ4n) is 0.424. The van der Waals surface area contributed by atoms with E-state index in [-0.39, 0.29) is 0 Å². The number of azo groups is 1. The van der Waals surface area contributed by atoms with Gasteiger partial charge in [-0.1, -0.05) is 6.92 Å². The lowest BCUT2D eigenvalue weighted by atomic mass is 10.4. The van der Waals surface area contributed by atoms with E-state index in [1.54, 1.807) is 0 Å². The first-order valence-corrected chi connectivity index (χ1v) is 2.90. The standard InChI is InChI=1S/C4H7N3S/c1-2-4(8)5-3-6-7-4/h3,8H,2H2,1H3. The first-order chi connectivity index (χ1) is 3.77. The van der Waals surface area contributed by atoms with Crippen LogP contribution in [-0.4, -0.2) is 11.3 Å². The van der Waals surface area contributed by atoms with Gasteiger partial charge >= 0.3 is 0 Å². The van der Waals surface area contributed by atoms with Crippen LogP contribution in [0.3, 0.4) is 0 Å². The van der Waals surface area contributed by atoms with E-state index in [2.05, 4.69) is 27.8 Å². The molecule has 1 atom stereocenters. The van der Waals surface area contributed by atoms with Crippen LogP contribution < -0.4 is 0 Å². The van der Waals surface area contributed by atoms with Crippen LogP contribution in [0.2, 0.25) is 0 Å². The molecule has 0 amide bonds. The second-order valence-corrected chi connectivity index (χ2v) is 2.30. The molecule has 3 nitrogen and oxygen atoms in total. The van der Waals surface area contributed by atoms with Crippen LogP contribution in [0.4, 0.5) is 0 Å². The Kier molecular flexibility index (Phi) is 1.33. The van der Waals surface area contributed by atoms with Crippen molar-refractivity contribution in [2.24, 2.45) is 15.2 Å². The van der Waals surface area contributed by atoms with E-state index < -0.39 is 4.99 Å². The molecule has 0 aromatic rings. The maximum atomic E-state index is 4.12. The summed E-state index contributed by atoms with van der Waals surface area (Å²) in [6, 6.07) is 0. The Labute approximate surface area is 53.3 Å². The number of hydrogen-bond donors (Lipinski definition) is 1. The van der Waals surface area contributed by atoms with Gasteiger partial charge in [0.25, 0.3) is 0 Å². The molecule has 0 fully saturated rings. The van der Waals surface area contributed by atoms with Crippen LogP contribution in [0, 0.1) is 0 Å². The first-order valence-electron chi connectivity index (χ1n) is 2.45. The van der Waals surface area contributed by atoms with E-state index in [4.69, 9.17) is 0 Å². The van der Waals surface area contributed by atoms with Crippen molar-refractivity contribution < 1.29 is 0 Å². The third kappa shape index (κ3) is 0.888. The topological polar surface area (TPSA) is 37.1 Å². The zero-order valence-corrected chi connectivity index (χ0v) is 5.47. The third-order valence-corrected chi connectivity index (χ3v) is 1.53. The van der Waals surface area contributed by atoms with Crippen molar-refractivity contribution in [1.82, 2.24) is 0 Å². The summed E-state index contributed by atoms with van der Waals surface area (Å²) in [5.41, 5.74) is 0. The van der Waals surface area contributed by atoms with Gasteiger partial charge in [0, 0.05) is 6.42 Å². The van der Waals surface area contributed by atoms with Gasteiger partial charge in [-0.25, -0.2) is 4.99 Å². The van der Waals surface area contributed by atoms with Crippen molar-refractivity contribution in [2.45, 2.75) is 18.3 Å². The third-order valence-electron chi connectivity index (χ3n) is 1.01. The van der Waals surface area contributed by atoms with Crippen LogP contribution >= 0.6 is 12.6 Å². The molecule has 1 unspecified atom stereocenters. The molecule has 0 aliphatic carbocycles. The molecule has 0 radical (unpaired) electrons. The van der Waals surface area contributed by atoms with Crippen molar-refractivity contribution >= 4 is 19.0 Å². The molecule has 1 heterocycles. The Balaban J connectivity index is 2.69. The minimum absolute atomic E-state index is 0.542. The highest BCUT2D eigenvalue weighted by atomic mass is 32.1. The predicted octanol–water partition coefficient (Wildman–Crippen LogP) is 1.47. The van der Waals surface area contributed by atoms with Gasteiger partial charge in [0.1, 0.15) is 6.34 Å². The number of nitrogens with zero attached hydrogens (tertiary/aromatic N) is 3. The number of rotatable bonds is 1. The smallest absolute Gasteiger partial charge is 0.215 e. The normalized spacial score (nSPS) is 34.2. The maximum Gasteiger partial charge on any atom is 0.215 e. The fraction of sp³-hybridized carbons (Fsp3) is 0.750. The van der Waals surface area contributed by atoms with Crippen LogP contribution in [-0.2, 0) is 0 Å². The molecule has 1 aliphatic rings. The molecule has 1 aliphatic heterocycles. The van der Waals surface area contributed by atoms with Gasteiger partial charge in [-0.05, 0) is 0 Å². The molecule has 44 valence electrons. The number of hydrogen-bond acceptors (Lipinski definition) is 4. The lowest BCUT2D eigenvalue weighted by Gasteiger charge is -2.08. The SMILES string of the molecule is CCC1(S)N=CN=N1. The minimum atomic E-state index is -0.542. The largest absolute Gasteiger partial charge is 0.230 e. The van der Waals surface area contributed by atoms with Gasteiger partial charge in [-0.3, -0.25) is 0 Å². The molecule has 1 rings (SSSR count). The van der Waals surface area contributed by atoms with Crippen LogP contribution in [0.15, 0.2) is 15.2 Å². The molecular formula is C4H7N3S. The van der Waals surface area contributed by atoms with Gasteiger partial charge in [-0.15, -0.1) is 22.9 Å². The Morgan fingerprint density at radius 3 is 2.75 bits per heavy atom. The summed E-state index contributed by atoms with van der Waals surface area (Å²) in [6.07, 6.45) is 2.21. The highest BCUT2D eigenvalue weighted by Crippen LogP contribution is 2.25. The Hall–Kier alpha value is -0.380. The summed E-state index contributed by atoms with van der Waals surface area (Å²) >= 11 is 4.12. The quantitative estimate of drug-likeness (QED) is 0.521. The van der Waals surface area contributed by atoms with E-state index in [9.17, 15) is 0 Å². The lowest BCUT2D eigenvalue weighted by molar-refractivity contribution is 0.628. The second-order valence-electron chi connectivity index (χ2n) is 1.59. The molecule has 0 N–H and O–H groups in total. The number of thiol groups is 1. The van der Waals surface area contributed by atoms with Gasteiger partial charge in [0.2, 0.25) is 4.99 Å². The molecule has 0 saturated heterocycles. The second kappa shape index (κ2) is 1.85. The van der Waals surface area contributed by atoms with Crippen molar-refractivity contribution in [1.29, 1.82) is 0 Å². The average Bonchev–Trinajstić information content (AvgIpc) is 2.17. The molecule has 0 bridgehead atoms. The molecule has 8 heavy (non-hydrogen) atoms.